The number of aliphatic hydroxyl groups excluding tert-OH is 4. The molecule has 0 aromatic heterocycles. The third-order valence-electron chi connectivity index (χ3n) is 3.52. The molecule has 0 aromatic carbocycles. The zero-order valence-corrected chi connectivity index (χ0v) is 14.0. The zero-order valence-electron chi connectivity index (χ0n) is 12.3. The second kappa shape index (κ2) is 9.24. The summed E-state index contributed by atoms with van der Waals surface area (Å²) in [5, 5.41) is 41.0. The van der Waals surface area contributed by atoms with Gasteiger partial charge in [-0.25, -0.2) is 0 Å². The van der Waals surface area contributed by atoms with Gasteiger partial charge in [0, 0.05) is 19.5 Å². The lowest BCUT2D eigenvalue weighted by Gasteiger charge is -2.45. The summed E-state index contributed by atoms with van der Waals surface area (Å²) in [5.74, 6) is -0.361. The van der Waals surface area contributed by atoms with Crippen molar-refractivity contribution in [3.8, 4) is 0 Å². The highest BCUT2D eigenvalue weighted by atomic mass is 35.5. The summed E-state index contributed by atoms with van der Waals surface area (Å²) in [6.45, 7) is 1.62. The number of aliphatic hydroxyl groups is 4. The molecular formula is C12H25ClN2O6S. The van der Waals surface area contributed by atoms with Crippen molar-refractivity contribution >= 4 is 30.9 Å². The van der Waals surface area contributed by atoms with Crippen molar-refractivity contribution in [2.24, 2.45) is 5.73 Å². The maximum absolute atomic E-state index is 11.6. The monoisotopic (exact) mass is 360 g/mol. The molecule has 22 heavy (non-hydrogen) atoms. The van der Waals surface area contributed by atoms with E-state index in [-0.39, 0.29) is 44.2 Å². The molecule has 0 saturated carbocycles. The first kappa shape index (κ1) is 21.9. The van der Waals surface area contributed by atoms with E-state index in [1.807, 2.05) is 0 Å². The molecule has 0 spiro atoms. The van der Waals surface area contributed by atoms with Crippen molar-refractivity contribution < 1.29 is 30.0 Å². The summed E-state index contributed by atoms with van der Waals surface area (Å²) in [6.07, 6.45) is -5.55. The molecule has 1 unspecified atom stereocenters. The van der Waals surface area contributed by atoms with Crippen molar-refractivity contribution in [3.63, 3.8) is 0 Å². The largest absolute Gasteiger partial charge is 0.390 e. The molecule has 1 saturated heterocycles. The van der Waals surface area contributed by atoms with Crippen LogP contribution in [0.1, 0.15) is 19.8 Å². The van der Waals surface area contributed by atoms with E-state index in [1.54, 1.807) is 6.92 Å². The lowest BCUT2D eigenvalue weighted by Crippen LogP contribution is -2.61. The number of rotatable bonds is 6. The van der Waals surface area contributed by atoms with Crippen LogP contribution in [-0.2, 0) is 9.53 Å². The lowest BCUT2D eigenvalue weighted by molar-refractivity contribution is -0.231. The van der Waals surface area contributed by atoms with Gasteiger partial charge in [0.25, 0.3) is 0 Å². The van der Waals surface area contributed by atoms with E-state index < -0.39 is 35.5 Å². The van der Waals surface area contributed by atoms with Gasteiger partial charge in [0.1, 0.15) is 23.2 Å². The van der Waals surface area contributed by atoms with E-state index in [0.29, 0.717) is 0 Å². The maximum atomic E-state index is 11.6. The average Bonchev–Trinajstić information content (AvgIpc) is 2.46. The topological polar surface area (TPSA) is 145 Å². The summed E-state index contributed by atoms with van der Waals surface area (Å²) >= 11 is 4.21. The third kappa shape index (κ3) is 5.50. The second-order valence-electron chi connectivity index (χ2n) is 5.29. The van der Waals surface area contributed by atoms with E-state index in [0.717, 1.165) is 0 Å². The minimum absolute atomic E-state index is 0. The Hall–Kier alpha value is -0.130. The van der Waals surface area contributed by atoms with Crippen LogP contribution >= 0.6 is 25.0 Å². The van der Waals surface area contributed by atoms with E-state index >= 15 is 0 Å². The van der Waals surface area contributed by atoms with Gasteiger partial charge >= 0.3 is 0 Å². The van der Waals surface area contributed by atoms with Crippen molar-refractivity contribution in [3.05, 3.63) is 0 Å². The van der Waals surface area contributed by atoms with Gasteiger partial charge in [-0.15, -0.1) is 25.0 Å². The molecule has 0 aromatic rings. The van der Waals surface area contributed by atoms with Gasteiger partial charge in [-0.2, -0.15) is 0 Å². The van der Waals surface area contributed by atoms with Gasteiger partial charge in [0.15, 0.2) is 0 Å². The van der Waals surface area contributed by atoms with E-state index in [2.05, 4.69) is 17.9 Å². The van der Waals surface area contributed by atoms with Crippen molar-refractivity contribution in [1.29, 1.82) is 0 Å². The Morgan fingerprint density at radius 3 is 2.55 bits per heavy atom. The Bertz CT molecular complexity index is 367. The molecule has 1 amide bonds. The molecule has 1 aliphatic heterocycles. The SMILES string of the molecule is C[C@@H]1O[C@](S)(CCC(=O)NCC(O)CN)[C@H](O)[C@H](O)[C@H]1O.Cl. The normalized spacial score (nSPS) is 36.3. The zero-order chi connectivity index (χ0) is 16.2. The minimum atomic E-state index is -1.43. The molecule has 1 aliphatic rings. The van der Waals surface area contributed by atoms with Crippen molar-refractivity contribution in [2.45, 2.75) is 55.2 Å². The molecule has 132 valence electrons. The van der Waals surface area contributed by atoms with Gasteiger partial charge < -0.3 is 36.2 Å². The molecule has 8 nitrogen and oxygen atoms in total. The maximum Gasteiger partial charge on any atom is 0.220 e. The highest BCUT2D eigenvalue weighted by molar-refractivity contribution is 7.81. The second-order valence-corrected chi connectivity index (χ2v) is 6.04. The van der Waals surface area contributed by atoms with Crippen LogP contribution < -0.4 is 11.1 Å². The third-order valence-corrected chi connectivity index (χ3v) is 4.12. The average molecular weight is 361 g/mol. The van der Waals surface area contributed by atoms with Crippen LogP contribution in [0, 0.1) is 0 Å². The molecule has 0 bridgehead atoms. The fourth-order valence-electron chi connectivity index (χ4n) is 2.10. The van der Waals surface area contributed by atoms with Crippen LogP contribution in [0.15, 0.2) is 0 Å². The van der Waals surface area contributed by atoms with Crippen molar-refractivity contribution in [1.82, 2.24) is 5.32 Å². The first-order valence-electron chi connectivity index (χ1n) is 6.80. The minimum Gasteiger partial charge on any atom is -0.390 e. The molecule has 10 heteroatoms. The number of ether oxygens (including phenoxy) is 1. The number of hydrogen-bond acceptors (Lipinski definition) is 8. The summed E-state index contributed by atoms with van der Waals surface area (Å²) in [6, 6.07) is 0. The fourth-order valence-corrected chi connectivity index (χ4v) is 2.53. The number of nitrogens with two attached hydrogens (primary N) is 1. The van der Waals surface area contributed by atoms with Crippen LogP contribution in [0.2, 0.25) is 0 Å². The van der Waals surface area contributed by atoms with E-state index in [4.69, 9.17) is 10.5 Å². The number of halogens is 1. The number of amides is 1. The van der Waals surface area contributed by atoms with Gasteiger partial charge in [-0.3, -0.25) is 4.79 Å². The number of carbonyl (C=O) groups is 1. The molecular weight excluding hydrogens is 336 g/mol. The summed E-state index contributed by atoms with van der Waals surface area (Å²) < 4.78 is 5.42. The predicted molar refractivity (Wildman–Crippen MR) is 84.8 cm³/mol. The van der Waals surface area contributed by atoms with Gasteiger partial charge in [-0.05, 0) is 13.3 Å². The molecule has 6 atom stereocenters. The summed E-state index contributed by atoms with van der Waals surface area (Å²) in [7, 11) is 0. The number of nitrogens with one attached hydrogen (secondary N) is 1. The van der Waals surface area contributed by atoms with Gasteiger partial charge in [0.05, 0.1) is 12.2 Å². The number of carbonyl (C=O) groups excluding carboxylic acids is 1. The van der Waals surface area contributed by atoms with E-state index in [9.17, 15) is 25.2 Å². The Kier molecular flexibility index (Phi) is 9.18. The Morgan fingerprint density at radius 1 is 1.41 bits per heavy atom. The van der Waals surface area contributed by atoms with E-state index in [1.165, 1.54) is 0 Å². The Balaban J connectivity index is 0.00000441. The molecule has 1 fully saturated rings. The molecule has 1 rings (SSSR count). The summed E-state index contributed by atoms with van der Waals surface area (Å²) in [4.78, 5) is 10.2. The smallest absolute Gasteiger partial charge is 0.220 e. The lowest BCUT2D eigenvalue weighted by atomic mass is 9.92. The fraction of sp³-hybridized carbons (Fsp3) is 0.917. The van der Waals surface area contributed by atoms with Crippen LogP contribution in [0.25, 0.3) is 0 Å². The highest BCUT2D eigenvalue weighted by Gasteiger charge is 2.50. The molecule has 1 heterocycles. The predicted octanol–water partition coefficient (Wildman–Crippen LogP) is -2.25. The van der Waals surface area contributed by atoms with Crippen LogP contribution in [0.3, 0.4) is 0 Å². The van der Waals surface area contributed by atoms with Gasteiger partial charge in [-0.1, -0.05) is 0 Å². The van der Waals surface area contributed by atoms with Crippen LogP contribution in [0.5, 0.6) is 0 Å². The molecule has 0 aliphatic carbocycles. The first-order valence-corrected chi connectivity index (χ1v) is 7.25. The van der Waals surface area contributed by atoms with Crippen LogP contribution in [-0.4, -0.2) is 74.9 Å². The number of thiol groups is 1. The molecule has 0 radical (unpaired) electrons. The standard InChI is InChI=1S/C12H24N2O6S.ClH/c1-6-9(17)10(18)11(19)12(21,20-6)3-2-8(16)14-5-7(15)4-13;/h6-7,9-11,15,17-19,21H,2-5,13H2,1H3,(H,14,16);1H/t6-,7?,9-,10+,11+,12-;/m0./s1. The Labute approximate surface area is 140 Å². The quantitative estimate of drug-likeness (QED) is 0.265. The van der Waals surface area contributed by atoms with Crippen LogP contribution in [0.4, 0.5) is 0 Å². The number of hydrogen-bond donors (Lipinski definition) is 7. The molecule has 7 N–H and O–H groups in total. The Morgan fingerprint density at radius 2 is 2.00 bits per heavy atom. The first-order chi connectivity index (χ1) is 9.71. The van der Waals surface area contributed by atoms with Crippen molar-refractivity contribution in [2.75, 3.05) is 13.1 Å². The highest BCUT2D eigenvalue weighted by Crippen LogP contribution is 2.36. The summed E-state index contributed by atoms with van der Waals surface area (Å²) in [5.41, 5.74) is 5.21. The van der Waals surface area contributed by atoms with Gasteiger partial charge in [0.2, 0.25) is 5.91 Å².